The third-order valence-electron chi connectivity index (χ3n) is 6.44. The number of nitrogens with one attached hydrogen (secondary N) is 1. The number of thiophene rings is 1. The predicted molar refractivity (Wildman–Crippen MR) is 162 cm³/mol. The summed E-state index contributed by atoms with van der Waals surface area (Å²) >= 11 is 1.44. The Balaban J connectivity index is 1.43. The molecule has 0 aliphatic heterocycles. The van der Waals surface area contributed by atoms with E-state index in [-0.39, 0.29) is 22.3 Å². The molecule has 0 saturated carbocycles. The van der Waals surface area contributed by atoms with Gasteiger partial charge in [0.2, 0.25) is 5.43 Å². The monoisotopic (exact) mass is 562 g/mol. The standard InChI is InChI=1S/C29H24B2N4O5S/c1-16-25(24-5-4-12-41-24)27(36)18(15-35(16)11-9-30)28(37)33-17-6-7-21(19(31)13-17)40-22-8-10-32-20-14-23(38-2)29(39-3)34-26(20)22/h4-8,10,12-15H,9,11H2,1-3H3,(H,33,37). The molecule has 0 saturated heterocycles. The maximum absolute atomic E-state index is 13.4. The molecule has 1 N–H and O–H groups in total. The molecule has 5 rings (SSSR count). The van der Waals surface area contributed by atoms with Crippen molar-refractivity contribution in [3.63, 3.8) is 0 Å². The summed E-state index contributed by atoms with van der Waals surface area (Å²) in [6.07, 6.45) is 3.48. The Kier molecular flexibility index (Phi) is 8.11. The van der Waals surface area contributed by atoms with Crippen molar-refractivity contribution in [1.82, 2.24) is 14.5 Å². The van der Waals surface area contributed by atoms with Crippen molar-refractivity contribution in [2.75, 3.05) is 19.5 Å². The highest BCUT2D eigenvalue weighted by atomic mass is 32.1. The van der Waals surface area contributed by atoms with Crippen molar-refractivity contribution in [3.8, 4) is 33.6 Å². The number of ether oxygens (including phenoxy) is 3. The molecule has 0 atom stereocenters. The predicted octanol–water partition coefficient (Wildman–Crippen LogP) is 4.27. The molecule has 9 nitrogen and oxygen atoms in total. The van der Waals surface area contributed by atoms with Gasteiger partial charge < -0.3 is 24.1 Å². The largest absolute Gasteiger partial charge is 0.491 e. The summed E-state index contributed by atoms with van der Waals surface area (Å²) in [4.78, 5) is 36.3. The van der Waals surface area contributed by atoms with Gasteiger partial charge in [0.15, 0.2) is 11.5 Å². The highest BCUT2D eigenvalue weighted by Crippen LogP contribution is 2.34. The Morgan fingerprint density at radius 3 is 2.61 bits per heavy atom. The molecular formula is C29H24B2N4O5S. The number of carbonyl (C=O) groups is 1. The number of fused-ring (bicyclic) bond motifs is 1. The quantitative estimate of drug-likeness (QED) is 0.268. The molecule has 4 aromatic heterocycles. The average molecular weight is 562 g/mol. The van der Waals surface area contributed by atoms with Crippen LogP contribution in [0.15, 0.2) is 65.0 Å². The summed E-state index contributed by atoms with van der Waals surface area (Å²) in [6, 6.07) is 11.9. The van der Waals surface area contributed by atoms with Gasteiger partial charge in [-0.05, 0) is 36.6 Å². The van der Waals surface area contributed by atoms with Crippen molar-refractivity contribution in [2.24, 2.45) is 0 Å². The number of carbonyl (C=O) groups excluding carboxylic acids is 1. The summed E-state index contributed by atoms with van der Waals surface area (Å²) in [5.41, 5.74) is 2.54. The molecule has 0 unspecified atom stereocenters. The molecule has 0 spiro atoms. The Morgan fingerprint density at radius 1 is 1.10 bits per heavy atom. The number of rotatable bonds is 9. The number of nitrogens with zero attached hydrogens (tertiary/aromatic N) is 3. The maximum atomic E-state index is 13.4. The molecular weight excluding hydrogens is 538 g/mol. The van der Waals surface area contributed by atoms with Crippen molar-refractivity contribution in [2.45, 2.75) is 19.8 Å². The third kappa shape index (κ3) is 5.55. The fourth-order valence-corrected chi connectivity index (χ4v) is 5.24. The number of hydrogen-bond donors (Lipinski definition) is 1. The highest BCUT2D eigenvalue weighted by Gasteiger charge is 2.20. The van der Waals surface area contributed by atoms with Crippen LogP contribution in [0.2, 0.25) is 6.32 Å². The van der Waals surface area contributed by atoms with Gasteiger partial charge in [-0.1, -0.05) is 17.8 Å². The van der Waals surface area contributed by atoms with Crippen LogP contribution in [0.25, 0.3) is 21.5 Å². The van der Waals surface area contributed by atoms with E-state index in [1.165, 1.54) is 25.6 Å². The Hall–Kier alpha value is -4.57. The number of methoxy groups -OCH3 is 2. The first kappa shape index (κ1) is 28.0. The van der Waals surface area contributed by atoms with E-state index in [9.17, 15) is 9.59 Å². The molecule has 0 aliphatic carbocycles. The minimum atomic E-state index is -0.558. The van der Waals surface area contributed by atoms with E-state index in [4.69, 9.17) is 29.9 Å². The van der Waals surface area contributed by atoms with E-state index in [0.29, 0.717) is 52.4 Å². The summed E-state index contributed by atoms with van der Waals surface area (Å²) < 4.78 is 18.5. The van der Waals surface area contributed by atoms with E-state index >= 15 is 0 Å². The van der Waals surface area contributed by atoms with Crippen LogP contribution in [-0.4, -0.2) is 50.4 Å². The SMILES string of the molecule is [B]CCn1cc(C(=O)Nc2ccc(Oc3ccnc4cc(OC)c(OC)nc34)c([B])c2)c(=O)c(-c2cccs2)c1C. The van der Waals surface area contributed by atoms with Gasteiger partial charge in [-0.25, -0.2) is 4.98 Å². The van der Waals surface area contributed by atoms with Crippen LogP contribution in [0.5, 0.6) is 23.1 Å². The normalized spacial score (nSPS) is 10.9. The van der Waals surface area contributed by atoms with Crippen LogP contribution in [0.1, 0.15) is 16.1 Å². The number of pyridine rings is 3. The lowest BCUT2D eigenvalue weighted by atomic mass is 9.94. The number of benzene rings is 1. The fraction of sp³-hybridized carbons (Fsp3) is 0.172. The zero-order chi connectivity index (χ0) is 29.1. The fourth-order valence-electron chi connectivity index (χ4n) is 4.42. The van der Waals surface area contributed by atoms with E-state index < -0.39 is 5.91 Å². The number of aromatic nitrogens is 3. The molecule has 4 heterocycles. The first-order chi connectivity index (χ1) is 19.8. The second-order valence-corrected chi connectivity index (χ2v) is 9.92. The van der Waals surface area contributed by atoms with Crippen LogP contribution in [0, 0.1) is 6.92 Å². The van der Waals surface area contributed by atoms with Crippen molar-refractivity contribution in [1.29, 1.82) is 0 Å². The molecule has 0 bridgehead atoms. The van der Waals surface area contributed by atoms with Gasteiger partial charge in [-0.2, -0.15) is 0 Å². The lowest BCUT2D eigenvalue weighted by Crippen LogP contribution is -2.26. The Morgan fingerprint density at radius 2 is 1.93 bits per heavy atom. The van der Waals surface area contributed by atoms with Crippen LogP contribution < -0.4 is 30.4 Å². The Labute approximate surface area is 243 Å². The van der Waals surface area contributed by atoms with Crippen molar-refractivity contribution < 1.29 is 19.0 Å². The number of anilines is 1. The van der Waals surface area contributed by atoms with Gasteiger partial charge in [-0.3, -0.25) is 14.6 Å². The molecule has 41 heavy (non-hydrogen) atoms. The molecule has 12 heteroatoms. The summed E-state index contributed by atoms with van der Waals surface area (Å²) in [7, 11) is 15.1. The molecule has 4 radical (unpaired) electrons. The minimum absolute atomic E-state index is 0.00468. The summed E-state index contributed by atoms with van der Waals surface area (Å²) in [5.74, 6) is 0.910. The summed E-state index contributed by atoms with van der Waals surface area (Å²) in [6.45, 7) is 2.31. The lowest BCUT2D eigenvalue weighted by molar-refractivity contribution is 0.102. The van der Waals surface area contributed by atoms with Gasteiger partial charge in [-0.15, -0.1) is 11.3 Å². The smallest absolute Gasteiger partial charge is 0.261 e. The first-order valence-electron chi connectivity index (χ1n) is 12.6. The number of hydrogen-bond acceptors (Lipinski definition) is 8. The second kappa shape index (κ2) is 11.9. The Bertz CT molecular complexity index is 1810. The third-order valence-corrected chi connectivity index (χ3v) is 7.33. The van der Waals surface area contributed by atoms with Gasteiger partial charge in [0.1, 0.15) is 24.7 Å². The first-order valence-corrected chi connectivity index (χ1v) is 13.5. The summed E-state index contributed by atoms with van der Waals surface area (Å²) in [5, 5.41) is 4.67. The molecule has 202 valence electrons. The van der Waals surface area contributed by atoms with Crippen LogP contribution in [-0.2, 0) is 6.54 Å². The van der Waals surface area contributed by atoms with Crippen molar-refractivity contribution in [3.05, 3.63) is 81.7 Å². The van der Waals surface area contributed by atoms with Crippen molar-refractivity contribution >= 4 is 55.1 Å². The van der Waals surface area contributed by atoms with E-state index in [2.05, 4.69) is 15.3 Å². The number of amides is 1. The van der Waals surface area contributed by atoms with Gasteiger partial charge in [0.05, 0.1) is 33.1 Å². The zero-order valence-electron chi connectivity index (χ0n) is 22.6. The van der Waals surface area contributed by atoms with Crippen LogP contribution >= 0.6 is 11.3 Å². The van der Waals surface area contributed by atoms with E-state index in [0.717, 1.165) is 10.6 Å². The molecule has 1 aromatic carbocycles. The molecule has 0 aliphatic rings. The van der Waals surface area contributed by atoms with Crippen LogP contribution in [0.3, 0.4) is 0 Å². The van der Waals surface area contributed by atoms with Gasteiger partial charge >= 0.3 is 0 Å². The highest BCUT2D eigenvalue weighted by molar-refractivity contribution is 7.13. The maximum Gasteiger partial charge on any atom is 0.261 e. The minimum Gasteiger partial charge on any atom is -0.491 e. The average Bonchev–Trinajstić information content (AvgIpc) is 3.50. The van der Waals surface area contributed by atoms with E-state index in [1.807, 2.05) is 29.0 Å². The molecule has 1 amide bonds. The zero-order valence-corrected chi connectivity index (χ0v) is 23.5. The lowest BCUT2D eigenvalue weighted by Gasteiger charge is -2.16. The molecule has 0 fully saturated rings. The topological polar surface area (TPSA) is 105 Å². The molecule has 5 aromatic rings. The van der Waals surface area contributed by atoms with Gasteiger partial charge in [0, 0.05) is 47.3 Å². The second-order valence-electron chi connectivity index (χ2n) is 8.98. The van der Waals surface area contributed by atoms with E-state index in [1.54, 1.807) is 42.7 Å². The van der Waals surface area contributed by atoms with Crippen LogP contribution in [0.4, 0.5) is 5.69 Å². The van der Waals surface area contributed by atoms with Gasteiger partial charge in [0.25, 0.3) is 11.8 Å². The number of aryl methyl sites for hydroxylation is 1.